The number of nitrogens with zero attached hydrogens (tertiary/aromatic N) is 1. The first-order valence-electron chi connectivity index (χ1n) is 10.7. The van der Waals surface area contributed by atoms with Crippen molar-refractivity contribution in [2.75, 3.05) is 0 Å². The Morgan fingerprint density at radius 3 is 2.45 bits per heavy atom. The molecule has 2 unspecified atom stereocenters. The van der Waals surface area contributed by atoms with E-state index in [1.54, 1.807) is 6.07 Å². The molecule has 2 N–H and O–H groups in total. The molecule has 5 heteroatoms. The summed E-state index contributed by atoms with van der Waals surface area (Å²) in [7, 11) is 0. The number of halogens is 1. The van der Waals surface area contributed by atoms with E-state index in [2.05, 4.69) is 15.6 Å². The van der Waals surface area contributed by atoms with Crippen LogP contribution in [0.15, 0.2) is 42.5 Å². The van der Waals surface area contributed by atoms with Gasteiger partial charge in [-0.1, -0.05) is 18.2 Å². The Balaban J connectivity index is 1.33. The SMILES string of the molecule is Cc1cccc(C(=O)NC23CC4CC(CC(NCc5ccc(F)cc5)(C4)C2)C3)n1. The molecular formula is C24H28FN3O. The molecule has 0 radical (unpaired) electrons. The van der Waals surface area contributed by atoms with Crippen LogP contribution in [0.3, 0.4) is 0 Å². The van der Waals surface area contributed by atoms with Crippen molar-refractivity contribution in [3.05, 3.63) is 65.2 Å². The third kappa shape index (κ3) is 3.68. The molecule has 1 amide bonds. The van der Waals surface area contributed by atoms with Crippen LogP contribution in [0.5, 0.6) is 0 Å². The average molecular weight is 394 g/mol. The van der Waals surface area contributed by atoms with E-state index in [1.165, 1.54) is 31.4 Å². The topological polar surface area (TPSA) is 54.0 Å². The molecule has 2 atom stereocenters. The van der Waals surface area contributed by atoms with Gasteiger partial charge in [-0.2, -0.15) is 0 Å². The van der Waals surface area contributed by atoms with Crippen LogP contribution in [0, 0.1) is 24.6 Å². The molecule has 1 aromatic heterocycles. The summed E-state index contributed by atoms with van der Waals surface area (Å²) in [5.41, 5.74) is 2.40. The second-order valence-electron chi connectivity index (χ2n) is 9.62. The van der Waals surface area contributed by atoms with Gasteiger partial charge in [-0.05, 0) is 87.1 Å². The lowest BCUT2D eigenvalue weighted by atomic mass is 9.50. The summed E-state index contributed by atoms with van der Waals surface area (Å²) >= 11 is 0. The molecule has 4 bridgehead atoms. The summed E-state index contributed by atoms with van der Waals surface area (Å²) in [6, 6.07) is 12.3. The molecule has 4 aliphatic rings. The lowest BCUT2D eigenvalue weighted by Crippen LogP contribution is -2.69. The smallest absolute Gasteiger partial charge is 0.270 e. The summed E-state index contributed by atoms with van der Waals surface area (Å²) in [5, 5.41) is 7.23. The first kappa shape index (κ1) is 18.7. The normalized spacial score (nSPS) is 32.3. The molecule has 2 aromatic rings. The van der Waals surface area contributed by atoms with Gasteiger partial charge in [0.05, 0.1) is 0 Å². The van der Waals surface area contributed by atoms with Crippen molar-refractivity contribution in [1.82, 2.24) is 15.6 Å². The van der Waals surface area contributed by atoms with E-state index < -0.39 is 0 Å². The van der Waals surface area contributed by atoms with Gasteiger partial charge in [-0.25, -0.2) is 9.37 Å². The van der Waals surface area contributed by atoms with Gasteiger partial charge in [0, 0.05) is 23.3 Å². The molecule has 1 aromatic carbocycles. The molecule has 4 nitrogen and oxygen atoms in total. The standard InChI is InChI=1S/C24H28FN3O/c1-16-3-2-4-21(27-16)22(29)28-24-12-18-9-19(13-24)11-23(10-18,15-24)26-14-17-5-7-20(25)8-6-17/h2-8,18-19,26H,9-15H2,1H3,(H,28,29). The van der Waals surface area contributed by atoms with E-state index in [4.69, 9.17) is 0 Å². The minimum absolute atomic E-state index is 0.0515. The molecule has 152 valence electrons. The number of benzene rings is 1. The van der Waals surface area contributed by atoms with Crippen molar-refractivity contribution in [2.45, 2.75) is 63.1 Å². The van der Waals surface area contributed by atoms with Gasteiger partial charge in [-0.3, -0.25) is 4.79 Å². The minimum atomic E-state index is -0.199. The number of aryl methyl sites for hydroxylation is 1. The van der Waals surface area contributed by atoms with Crippen LogP contribution in [0.25, 0.3) is 0 Å². The van der Waals surface area contributed by atoms with E-state index in [1.807, 2.05) is 31.2 Å². The van der Waals surface area contributed by atoms with Gasteiger partial charge < -0.3 is 10.6 Å². The Morgan fingerprint density at radius 2 is 1.76 bits per heavy atom. The largest absolute Gasteiger partial charge is 0.345 e. The van der Waals surface area contributed by atoms with Crippen LogP contribution in [0.2, 0.25) is 0 Å². The molecule has 1 heterocycles. The Morgan fingerprint density at radius 1 is 1.07 bits per heavy atom. The van der Waals surface area contributed by atoms with E-state index in [0.29, 0.717) is 17.5 Å². The zero-order valence-corrected chi connectivity index (χ0v) is 16.9. The number of pyridine rings is 1. The van der Waals surface area contributed by atoms with Gasteiger partial charge in [0.2, 0.25) is 0 Å². The summed E-state index contributed by atoms with van der Waals surface area (Å²) in [6.07, 6.45) is 6.73. The van der Waals surface area contributed by atoms with Crippen LogP contribution in [0.4, 0.5) is 4.39 Å². The first-order valence-corrected chi connectivity index (χ1v) is 10.7. The molecule has 0 aliphatic heterocycles. The van der Waals surface area contributed by atoms with Crippen molar-refractivity contribution < 1.29 is 9.18 Å². The monoisotopic (exact) mass is 393 g/mol. The molecule has 4 saturated carbocycles. The second-order valence-corrected chi connectivity index (χ2v) is 9.62. The number of hydrogen-bond donors (Lipinski definition) is 2. The number of carbonyl (C=O) groups is 1. The van der Waals surface area contributed by atoms with Crippen LogP contribution < -0.4 is 10.6 Å². The zero-order chi connectivity index (χ0) is 20.1. The quantitative estimate of drug-likeness (QED) is 0.803. The summed E-state index contributed by atoms with van der Waals surface area (Å²) < 4.78 is 13.2. The van der Waals surface area contributed by atoms with E-state index in [9.17, 15) is 9.18 Å². The van der Waals surface area contributed by atoms with Gasteiger partial charge >= 0.3 is 0 Å². The highest BCUT2D eigenvalue weighted by atomic mass is 19.1. The Hall–Kier alpha value is -2.27. The first-order chi connectivity index (χ1) is 13.9. The predicted octanol–water partition coefficient (Wildman–Crippen LogP) is 4.14. The molecule has 4 aliphatic carbocycles. The summed E-state index contributed by atoms with van der Waals surface area (Å²) in [5.74, 6) is 1.06. The predicted molar refractivity (Wildman–Crippen MR) is 110 cm³/mol. The maximum atomic E-state index is 13.2. The highest BCUT2D eigenvalue weighted by Gasteiger charge is 2.58. The lowest BCUT2D eigenvalue weighted by Gasteiger charge is -2.62. The van der Waals surface area contributed by atoms with Crippen LogP contribution in [0.1, 0.15) is 60.3 Å². The molecule has 29 heavy (non-hydrogen) atoms. The molecular weight excluding hydrogens is 365 g/mol. The fraction of sp³-hybridized carbons (Fsp3) is 0.500. The van der Waals surface area contributed by atoms with Crippen LogP contribution in [-0.2, 0) is 6.54 Å². The van der Waals surface area contributed by atoms with Crippen LogP contribution in [-0.4, -0.2) is 22.0 Å². The number of rotatable bonds is 5. The van der Waals surface area contributed by atoms with Crippen molar-refractivity contribution in [2.24, 2.45) is 11.8 Å². The maximum absolute atomic E-state index is 13.2. The maximum Gasteiger partial charge on any atom is 0.270 e. The summed E-state index contributed by atoms with van der Waals surface area (Å²) in [4.78, 5) is 17.4. The van der Waals surface area contributed by atoms with Crippen molar-refractivity contribution in [3.63, 3.8) is 0 Å². The second kappa shape index (κ2) is 6.91. The minimum Gasteiger partial charge on any atom is -0.345 e. The zero-order valence-electron chi connectivity index (χ0n) is 16.9. The number of nitrogens with one attached hydrogen (secondary N) is 2. The van der Waals surface area contributed by atoms with Gasteiger partial charge in [-0.15, -0.1) is 0 Å². The van der Waals surface area contributed by atoms with E-state index >= 15 is 0 Å². The van der Waals surface area contributed by atoms with E-state index in [-0.39, 0.29) is 22.8 Å². The van der Waals surface area contributed by atoms with Gasteiger partial charge in [0.15, 0.2) is 0 Å². The Bertz CT molecular complexity index is 912. The third-order valence-electron chi connectivity index (χ3n) is 7.14. The Labute approximate surface area is 171 Å². The lowest BCUT2D eigenvalue weighted by molar-refractivity contribution is -0.0492. The molecule has 4 fully saturated rings. The van der Waals surface area contributed by atoms with E-state index in [0.717, 1.165) is 37.1 Å². The number of hydrogen-bond acceptors (Lipinski definition) is 3. The van der Waals surface area contributed by atoms with Crippen molar-refractivity contribution >= 4 is 5.91 Å². The van der Waals surface area contributed by atoms with Crippen molar-refractivity contribution in [3.8, 4) is 0 Å². The average Bonchev–Trinajstić information content (AvgIpc) is 2.66. The third-order valence-corrected chi connectivity index (χ3v) is 7.14. The fourth-order valence-corrected chi connectivity index (χ4v) is 6.48. The fourth-order valence-electron chi connectivity index (χ4n) is 6.48. The number of carbonyl (C=O) groups excluding carboxylic acids is 1. The van der Waals surface area contributed by atoms with Gasteiger partial charge in [0.25, 0.3) is 5.91 Å². The molecule has 6 rings (SSSR count). The van der Waals surface area contributed by atoms with Gasteiger partial charge in [0.1, 0.15) is 11.5 Å². The number of amides is 1. The van der Waals surface area contributed by atoms with Crippen LogP contribution >= 0.6 is 0 Å². The molecule has 0 saturated heterocycles. The molecule has 0 spiro atoms. The Kier molecular flexibility index (Phi) is 4.46. The highest BCUT2D eigenvalue weighted by molar-refractivity contribution is 5.92. The number of aromatic nitrogens is 1. The highest BCUT2D eigenvalue weighted by Crippen LogP contribution is 2.57. The summed E-state index contributed by atoms with van der Waals surface area (Å²) in [6.45, 7) is 2.65. The van der Waals surface area contributed by atoms with Crippen molar-refractivity contribution in [1.29, 1.82) is 0 Å².